The number of aliphatic hydroxyl groups excluding tert-OH is 2. The average molecular weight is 711 g/mol. The van der Waals surface area contributed by atoms with Crippen molar-refractivity contribution in [1.82, 2.24) is 0 Å². The molecule has 0 aliphatic carbocycles. The first-order valence-corrected chi connectivity index (χ1v) is 19.5. The summed E-state index contributed by atoms with van der Waals surface area (Å²) in [6, 6.07) is 20.4. The number of ketones is 2. The highest BCUT2D eigenvalue weighted by atomic mass is 16.5. The maximum Gasteiger partial charge on any atom is 0.159 e. The van der Waals surface area contributed by atoms with Gasteiger partial charge in [0.2, 0.25) is 0 Å². The molecule has 0 saturated carbocycles. The molecule has 0 aromatic heterocycles. The van der Waals surface area contributed by atoms with Gasteiger partial charge in [0.05, 0.1) is 24.7 Å². The summed E-state index contributed by atoms with van der Waals surface area (Å²) < 4.78 is 13.1. The molecule has 0 bridgehead atoms. The van der Waals surface area contributed by atoms with Gasteiger partial charge < -0.3 is 19.7 Å². The van der Waals surface area contributed by atoms with E-state index in [4.69, 9.17) is 9.47 Å². The maximum absolute atomic E-state index is 12.1. The Morgan fingerprint density at radius 3 is 1.13 bits per heavy atom. The predicted octanol–water partition coefficient (Wildman–Crippen LogP) is 12.4. The van der Waals surface area contributed by atoms with Crippen molar-refractivity contribution in [3.8, 4) is 33.8 Å². The summed E-state index contributed by atoms with van der Waals surface area (Å²) in [4.78, 5) is 24.3. The first-order valence-electron chi connectivity index (χ1n) is 19.5. The van der Waals surface area contributed by atoms with E-state index < -0.39 is 0 Å². The minimum absolute atomic E-state index is 0.0528. The number of benzene rings is 3. The van der Waals surface area contributed by atoms with Crippen LogP contribution in [0.4, 0.5) is 0 Å². The summed E-state index contributed by atoms with van der Waals surface area (Å²) in [5.74, 6) is 1.39. The van der Waals surface area contributed by atoms with Crippen molar-refractivity contribution in [2.45, 2.75) is 131 Å². The summed E-state index contributed by atoms with van der Waals surface area (Å²) in [5, 5.41) is 20.1. The molecule has 0 atom stereocenters. The van der Waals surface area contributed by atoms with Crippen molar-refractivity contribution in [2.75, 3.05) is 13.2 Å². The van der Waals surface area contributed by atoms with E-state index in [0.29, 0.717) is 37.2 Å². The molecule has 6 heteroatoms. The number of Topliss-reactive ketones (excluding diaryl/α,β-unsaturated/α-hetero) is 2. The van der Waals surface area contributed by atoms with E-state index in [1.807, 2.05) is 48.5 Å². The van der Waals surface area contributed by atoms with E-state index in [2.05, 4.69) is 26.0 Å². The molecule has 3 aromatic carbocycles. The number of rotatable bonds is 24. The Hall–Kier alpha value is -4.32. The Bertz CT molecular complexity index is 1500. The molecule has 282 valence electrons. The Morgan fingerprint density at radius 2 is 0.827 bits per heavy atom. The summed E-state index contributed by atoms with van der Waals surface area (Å²) in [7, 11) is 0. The third kappa shape index (κ3) is 13.7. The van der Waals surface area contributed by atoms with E-state index in [9.17, 15) is 19.8 Å². The van der Waals surface area contributed by atoms with Gasteiger partial charge >= 0.3 is 0 Å². The normalized spacial score (nSPS) is 12.3. The minimum Gasteiger partial charge on any atom is -0.512 e. The summed E-state index contributed by atoms with van der Waals surface area (Å²) >= 11 is 0. The van der Waals surface area contributed by atoms with Gasteiger partial charge in [-0.1, -0.05) is 127 Å². The smallest absolute Gasteiger partial charge is 0.159 e. The lowest BCUT2D eigenvalue weighted by molar-refractivity contribution is -0.114. The number of allylic oxidation sites excluding steroid dienone is 4. The number of aliphatic hydroxyl groups is 2. The molecule has 0 aliphatic heterocycles. The highest BCUT2D eigenvalue weighted by Gasteiger charge is 2.18. The van der Waals surface area contributed by atoms with E-state index in [0.717, 1.165) is 70.6 Å². The van der Waals surface area contributed by atoms with Gasteiger partial charge in [-0.15, -0.1) is 0 Å². The standard InChI is InChI=1S/C46H62O6/c1-7-9-11-13-15-17-27-51-45-31-44(40-25-21-38(22-26-40)30-42(35(5)49)36(6)50)46(52-28-18-16-14-12-10-8-2)32-43(45)39-23-19-37(20-24-39)29-41(33(3)47)34(4)48/h19-26,31-32,47,49H,7-18,27-30H2,1-6H3. The van der Waals surface area contributed by atoms with E-state index in [1.165, 1.54) is 65.2 Å². The van der Waals surface area contributed by atoms with Crippen LogP contribution in [-0.2, 0) is 22.4 Å². The van der Waals surface area contributed by atoms with Crippen LogP contribution in [0.15, 0.2) is 83.3 Å². The van der Waals surface area contributed by atoms with E-state index >= 15 is 0 Å². The summed E-state index contributed by atoms with van der Waals surface area (Å²) in [6.45, 7) is 11.7. The fraction of sp³-hybridized carbons (Fsp3) is 0.478. The third-order valence-electron chi connectivity index (χ3n) is 9.61. The number of hydrogen-bond acceptors (Lipinski definition) is 6. The van der Waals surface area contributed by atoms with Crippen LogP contribution in [0, 0.1) is 0 Å². The molecule has 0 radical (unpaired) electrons. The molecule has 0 saturated heterocycles. The molecule has 0 unspecified atom stereocenters. The second-order valence-electron chi connectivity index (χ2n) is 14.1. The number of hydrogen-bond donors (Lipinski definition) is 2. The third-order valence-corrected chi connectivity index (χ3v) is 9.61. The van der Waals surface area contributed by atoms with Crippen LogP contribution in [0.3, 0.4) is 0 Å². The fourth-order valence-corrected chi connectivity index (χ4v) is 6.41. The molecule has 0 spiro atoms. The van der Waals surface area contributed by atoms with Gasteiger partial charge in [-0.25, -0.2) is 0 Å². The molecular formula is C46H62O6. The molecule has 0 aliphatic rings. The largest absolute Gasteiger partial charge is 0.512 e. The van der Waals surface area contributed by atoms with Crippen LogP contribution in [-0.4, -0.2) is 35.0 Å². The zero-order valence-corrected chi connectivity index (χ0v) is 32.6. The Kier molecular flexibility index (Phi) is 18.3. The quantitative estimate of drug-likeness (QED) is 0.0546. The van der Waals surface area contributed by atoms with Gasteiger partial charge in [0.25, 0.3) is 0 Å². The van der Waals surface area contributed by atoms with Gasteiger partial charge in [0.15, 0.2) is 11.6 Å². The minimum atomic E-state index is -0.135. The number of unbranched alkanes of at least 4 members (excludes halogenated alkanes) is 10. The topological polar surface area (TPSA) is 93.1 Å². The maximum atomic E-state index is 12.1. The van der Waals surface area contributed by atoms with Crippen molar-refractivity contribution in [3.63, 3.8) is 0 Å². The van der Waals surface area contributed by atoms with Gasteiger partial charge in [-0.05, 0) is 74.9 Å². The first kappa shape index (κ1) is 42.1. The highest BCUT2D eigenvalue weighted by Crippen LogP contribution is 2.42. The van der Waals surface area contributed by atoms with Crippen LogP contribution in [0.25, 0.3) is 22.3 Å². The number of carbonyl (C=O) groups is 2. The van der Waals surface area contributed by atoms with Crippen molar-refractivity contribution in [2.24, 2.45) is 0 Å². The fourth-order valence-electron chi connectivity index (χ4n) is 6.41. The van der Waals surface area contributed by atoms with Crippen LogP contribution >= 0.6 is 0 Å². The van der Waals surface area contributed by atoms with Gasteiger partial charge in [0, 0.05) is 35.1 Å². The van der Waals surface area contributed by atoms with Gasteiger partial charge in [-0.2, -0.15) is 0 Å². The van der Waals surface area contributed by atoms with Crippen LogP contribution in [0.5, 0.6) is 11.5 Å². The molecule has 3 aromatic rings. The van der Waals surface area contributed by atoms with E-state index in [-0.39, 0.29) is 23.1 Å². The molecule has 2 N–H and O–H groups in total. The van der Waals surface area contributed by atoms with Crippen LogP contribution < -0.4 is 9.47 Å². The summed E-state index contributed by atoms with van der Waals surface area (Å²) in [6.07, 6.45) is 14.8. The molecule has 0 heterocycles. The molecule has 3 rings (SSSR count). The monoisotopic (exact) mass is 710 g/mol. The lowest BCUT2D eigenvalue weighted by atomic mass is 9.94. The molecule has 52 heavy (non-hydrogen) atoms. The highest BCUT2D eigenvalue weighted by molar-refractivity contribution is 5.94. The van der Waals surface area contributed by atoms with Crippen LogP contribution in [0.1, 0.15) is 130 Å². The zero-order chi connectivity index (χ0) is 37.9. The Morgan fingerprint density at radius 1 is 0.500 bits per heavy atom. The average Bonchev–Trinajstić information content (AvgIpc) is 3.12. The lowest BCUT2D eigenvalue weighted by Gasteiger charge is -2.19. The molecule has 6 nitrogen and oxygen atoms in total. The second-order valence-corrected chi connectivity index (χ2v) is 14.1. The Labute approximate surface area is 313 Å². The van der Waals surface area contributed by atoms with Gasteiger partial charge in [0.1, 0.15) is 11.5 Å². The number of ether oxygens (including phenoxy) is 2. The first-order chi connectivity index (χ1) is 25.0. The van der Waals surface area contributed by atoms with Crippen molar-refractivity contribution in [1.29, 1.82) is 0 Å². The predicted molar refractivity (Wildman–Crippen MR) is 214 cm³/mol. The number of carbonyl (C=O) groups excluding carboxylic acids is 2. The zero-order valence-electron chi connectivity index (χ0n) is 32.6. The lowest BCUT2D eigenvalue weighted by Crippen LogP contribution is -2.04. The van der Waals surface area contributed by atoms with Crippen molar-refractivity contribution >= 4 is 11.6 Å². The second kappa shape index (κ2) is 22.6. The van der Waals surface area contributed by atoms with Gasteiger partial charge in [-0.3, -0.25) is 9.59 Å². The SMILES string of the molecule is CCCCCCCCOc1cc(-c2ccc(CC(C(C)=O)=C(C)O)cc2)c(OCCCCCCCC)cc1-c1ccc(CC(C(C)=O)=C(C)O)cc1. The Balaban J connectivity index is 2.02. The molecule has 0 fully saturated rings. The summed E-state index contributed by atoms with van der Waals surface area (Å²) in [5.41, 5.74) is 6.53. The van der Waals surface area contributed by atoms with Crippen LogP contribution in [0.2, 0.25) is 0 Å². The van der Waals surface area contributed by atoms with E-state index in [1.54, 1.807) is 13.8 Å². The molecule has 0 amide bonds. The molecular weight excluding hydrogens is 649 g/mol. The van der Waals surface area contributed by atoms with Crippen molar-refractivity contribution in [3.05, 3.63) is 94.5 Å². The van der Waals surface area contributed by atoms with Crippen molar-refractivity contribution < 1.29 is 29.3 Å².